The maximum atomic E-state index is 15.2. The van der Waals surface area contributed by atoms with Crippen LogP contribution in [-0.2, 0) is 26.2 Å². The van der Waals surface area contributed by atoms with Crippen molar-refractivity contribution in [3.05, 3.63) is 123 Å². The van der Waals surface area contributed by atoms with Crippen LogP contribution in [0.1, 0.15) is 36.8 Å². The lowest BCUT2D eigenvalue weighted by Gasteiger charge is -2.49. The zero-order chi connectivity index (χ0) is 42.2. The molecule has 4 aromatic carbocycles. The Morgan fingerprint density at radius 1 is 0.918 bits per heavy atom. The Kier molecular flexibility index (Phi) is 8.46. The Bertz CT molecular complexity index is 3080. The lowest BCUT2D eigenvalue weighted by molar-refractivity contribution is -0.131. The molecule has 0 spiro atoms. The molecule has 0 unspecified atom stereocenters. The van der Waals surface area contributed by atoms with E-state index in [4.69, 9.17) is 21.1 Å². The number of carbonyl (C=O) groups excluding carboxylic acids is 4. The minimum atomic E-state index is -1.36. The van der Waals surface area contributed by atoms with E-state index < -0.39 is 46.8 Å². The summed E-state index contributed by atoms with van der Waals surface area (Å²) in [6.07, 6.45) is 2.41. The molecule has 2 aliphatic heterocycles. The summed E-state index contributed by atoms with van der Waals surface area (Å²) >= 11 is 11.5. The van der Waals surface area contributed by atoms with Gasteiger partial charge in [-0.25, -0.2) is 9.88 Å². The fraction of sp³-hybridized carbons (Fsp3) is 0.234. The lowest BCUT2D eigenvalue weighted by atomic mass is 9.51. The standard InChI is InChI=1S/C47H35BrClN5O6S/c1-22-29-19-25(49)11-17-37(29)61-41(22)34-21-38(52(3)51-34)54-44(57)32-20-30-27(40(47(32,2)46(54)59)31-18-24(48)10-16-35(31)55)14-15-28-39(30)45(58)53(43(28)56)26-12-8-23(9-13-26)42-50-33-6-4-5-7-36(33)60-42/h4-14,16-19,21,28,30,32,39-40,55H,15,20H2,1-3H3/t28-,30+,32-,39-,40+,47+/m0/s1. The van der Waals surface area contributed by atoms with Gasteiger partial charge in [-0.15, -0.1) is 11.3 Å². The van der Waals surface area contributed by atoms with Gasteiger partial charge in [-0.2, -0.15) is 5.10 Å². The number of benzene rings is 4. The molecule has 61 heavy (non-hydrogen) atoms. The Morgan fingerprint density at radius 2 is 1.70 bits per heavy atom. The second kappa shape index (κ2) is 13.6. The van der Waals surface area contributed by atoms with Gasteiger partial charge >= 0.3 is 0 Å². The van der Waals surface area contributed by atoms with E-state index in [1.54, 1.807) is 78.5 Å². The number of thiophene rings is 1. The molecule has 304 valence electrons. The number of imide groups is 2. The van der Waals surface area contributed by atoms with Crippen LogP contribution in [0, 0.1) is 36.0 Å². The van der Waals surface area contributed by atoms with Crippen LogP contribution in [0.4, 0.5) is 11.5 Å². The highest BCUT2D eigenvalue weighted by atomic mass is 79.9. The first kappa shape index (κ1) is 38.1. The van der Waals surface area contributed by atoms with E-state index in [2.05, 4.69) is 20.9 Å². The van der Waals surface area contributed by atoms with Crippen molar-refractivity contribution < 1.29 is 28.7 Å². The first-order chi connectivity index (χ1) is 29.3. The molecular formula is C47H35BrClN5O6S. The number of para-hydroxylation sites is 2. The van der Waals surface area contributed by atoms with Crippen LogP contribution in [0.5, 0.6) is 5.75 Å². The number of allylic oxidation sites excluding steroid dienone is 2. The number of oxazole rings is 1. The normalized spacial score (nSPS) is 24.8. The van der Waals surface area contributed by atoms with Crippen LogP contribution in [-0.4, -0.2) is 43.5 Å². The predicted octanol–water partition coefficient (Wildman–Crippen LogP) is 9.98. The summed E-state index contributed by atoms with van der Waals surface area (Å²) in [5.74, 6) is -4.47. The monoisotopic (exact) mass is 911 g/mol. The van der Waals surface area contributed by atoms with Crippen LogP contribution in [0.25, 0.3) is 43.2 Å². The molecule has 1 N–H and O–H groups in total. The third-order valence-corrected chi connectivity index (χ3v) is 15.5. The maximum Gasteiger partial charge on any atom is 0.242 e. The quantitative estimate of drug-likeness (QED) is 0.133. The summed E-state index contributed by atoms with van der Waals surface area (Å²) in [5, 5.41) is 18.0. The number of amides is 4. The molecule has 11 rings (SSSR count). The number of carbonyl (C=O) groups is 4. The van der Waals surface area contributed by atoms with Gasteiger partial charge in [0.1, 0.15) is 22.8 Å². The average Bonchev–Trinajstić information content (AvgIpc) is 4.03. The molecule has 0 radical (unpaired) electrons. The largest absolute Gasteiger partial charge is 0.508 e. The number of rotatable bonds is 5. The molecule has 3 aromatic heterocycles. The molecule has 3 fully saturated rings. The Balaban J connectivity index is 0.971. The van der Waals surface area contributed by atoms with Gasteiger partial charge in [0.2, 0.25) is 29.5 Å². The minimum Gasteiger partial charge on any atom is -0.508 e. The van der Waals surface area contributed by atoms with Gasteiger partial charge in [0.15, 0.2) is 5.58 Å². The van der Waals surface area contributed by atoms with Crippen molar-refractivity contribution in [2.24, 2.45) is 36.1 Å². The molecule has 14 heteroatoms. The summed E-state index contributed by atoms with van der Waals surface area (Å²) in [5.41, 5.74) is 3.99. The highest BCUT2D eigenvalue weighted by molar-refractivity contribution is 9.10. The molecule has 6 atom stereocenters. The minimum absolute atomic E-state index is 0.0341. The highest BCUT2D eigenvalue weighted by Gasteiger charge is 2.68. The summed E-state index contributed by atoms with van der Waals surface area (Å²) in [4.78, 5) is 67.3. The maximum absolute atomic E-state index is 15.2. The summed E-state index contributed by atoms with van der Waals surface area (Å²) in [7, 11) is 1.71. The summed E-state index contributed by atoms with van der Waals surface area (Å²) < 4.78 is 9.23. The van der Waals surface area contributed by atoms with Gasteiger partial charge in [0.25, 0.3) is 0 Å². The zero-order valence-corrected chi connectivity index (χ0v) is 36.1. The van der Waals surface area contributed by atoms with E-state index in [0.29, 0.717) is 49.3 Å². The smallest absolute Gasteiger partial charge is 0.242 e. The number of aryl methyl sites for hydroxylation is 2. The van der Waals surface area contributed by atoms with Gasteiger partial charge in [-0.05, 0) is 116 Å². The van der Waals surface area contributed by atoms with E-state index >= 15 is 9.59 Å². The van der Waals surface area contributed by atoms with Crippen molar-refractivity contribution in [3.63, 3.8) is 0 Å². The highest BCUT2D eigenvalue weighted by Crippen LogP contribution is 2.64. The number of anilines is 2. The number of halogens is 2. The zero-order valence-electron chi connectivity index (χ0n) is 32.9. The molecule has 5 heterocycles. The van der Waals surface area contributed by atoms with Gasteiger partial charge in [-0.3, -0.25) is 28.8 Å². The Labute approximate surface area is 366 Å². The molecule has 7 aromatic rings. The topological polar surface area (TPSA) is 139 Å². The van der Waals surface area contributed by atoms with Crippen LogP contribution in [0.2, 0.25) is 5.02 Å². The Morgan fingerprint density at radius 3 is 2.49 bits per heavy atom. The van der Waals surface area contributed by atoms with Crippen molar-refractivity contribution in [1.82, 2.24) is 14.8 Å². The average molecular weight is 913 g/mol. The van der Waals surface area contributed by atoms with Gasteiger partial charge in [-0.1, -0.05) is 51.3 Å². The van der Waals surface area contributed by atoms with Gasteiger partial charge < -0.3 is 9.52 Å². The molecule has 2 saturated heterocycles. The second-order valence-electron chi connectivity index (χ2n) is 16.6. The number of phenolic OH excluding ortho intramolecular Hbond substituents is 1. The SMILES string of the molecule is Cc1c(-c2cc(N3C(=O)[C@@H]4C[C@@H]5C(=CC[C@@H]6C(=O)N(c7ccc(-c8nc9ccccc9o8)cc7)C(=O)[C@@H]65)[C@H](c5cc(Br)ccc5O)[C@]4(C)C3=O)n(C)n2)sc2ccc(Cl)cc12. The van der Waals surface area contributed by atoms with Gasteiger partial charge in [0, 0.05) is 44.4 Å². The van der Waals surface area contributed by atoms with Crippen LogP contribution >= 0.6 is 38.9 Å². The number of hydrogen-bond donors (Lipinski definition) is 1. The van der Waals surface area contributed by atoms with E-state index in [9.17, 15) is 14.7 Å². The number of nitrogens with zero attached hydrogens (tertiary/aromatic N) is 5. The van der Waals surface area contributed by atoms with E-state index in [0.717, 1.165) is 31.6 Å². The predicted molar refractivity (Wildman–Crippen MR) is 236 cm³/mol. The first-order valence-corrected chi connectivity index (χ1v) is 22.0. The molecule has 11 nitrogen and oxygen atoms in total. The van der Waals surface area contributed by atoms with Crippen molar-refractivity contribution in [1.29, 1.82) is 0 Å². The molecule has 0 bridgehead atoms. The van der Waals surface area contributed by atoms with E-state index in [1.807, 2.05) is 55.5 Å². The number of phenols is 1. The van der Waals surface area contributed by atoms with E-state index in [1.165, 1.54) is 9.80 Å². The van der Waals surface area contributed by atoms with Crippen molar-refractivity contribution in [2.75, 3.05) is 9.80 Å². The molecule has 1 saturated carbocycles. The van der Waals surface area contributed by atoms with Crippen molar-refractivity contribution in [3.8, 4) is 27.8 Å². The fourth-order valence-corrected chi connectivity index (χ4v) is 12.2. The van der Waals surface area contributed by atoms with E-state index in [-0.39, 0.29) is 30.4 Å². The molecule has 2 aliphatic carbocycles. The van der Waals surface area contributed by atoms with Crippen LogP contribution < -0.4 is 9.80 Å². The molecule has 4 amide bonds. The number of aromatic nitrogens is 3. The van der Waals surface area contributed by atoms with Gasteiger partial charge in [0.05, 0.1) is 33.7 Å². The van der Waals surface area contributed by atoms with Crippen molar-refractivity contribution in [2.45, 2.75) is 32.6 Å². The number of hydrogen-bond acceptors (Lipinski definition) is 9. The molecular weight excluding hydrogens is 878 g/mol. The van der Waals surface area contributed by atoms with Crippen LogP contribution in [0.3, 0.4) is 0 Å². The Hall–Kier alpha value is -5.89. The third-order valence-electron chi connectivity index (χ3n) is 13.5. The number of fused-ring (bicyclic) bond motifs is 6. The first-order valence-electron chi connectivity index (χ1n) is 20.0. The van der Waals surface area contributed by atoms with Crippen LogP contribution in [0.15, 0.2) is 112 Å². The summed E-state index contributed by atoms with van der Waals surface area (Å²) in [6.45, 7) is 3.80. The second-order valence-corrected chi connectivity index (χ2v) is 19.0. The molecule has 4 aliphatic rings. The fourth-order valence-electron chi connectivity index (χ4n) is 10.6. The lowest BCUT2D eigenvalue weighted by Crippen LogP contribution is -2.49. The summed E-state index contributed by atoms with van der Waals surface area (Å²) in [6, 6.07) is 27.0. The van der Waals surface area contributed by atoms with Crippen molar-refractivity contribution >= 4 is 95.2 Å². The number of aromatic hydroxyl groups is 1. The third kappa shape index (κ3) is 5.46.